The highest BCUT2D eigenvalue weighted by atomic mass is 16.5. The molecule has 4 nitrogen and oxygen atoms in total. The fourth-order valence-corrected chi connectivity index (χ4v) is 2.78. The van der Waals surface area contributed by atoms with Crippen LogP contribution >= 0.6 is 0 Å². The normalized spacial score (nSPS) is 20.0. The fraction of sp³-hybridized carbons (Fsp3) is 0.350. The lowest BCUT2D eigenvalue weighted by Crippen LogP contribution is -2.27. The first-order chi connectivity index (χ1) is 11.8. The van der Waals surface area contributed by atoms with Gasteiger partial charge in [-0.2, -0.15) is 0 Å². The van der Waals surface area contributed by atoms with Gasteiger partial charge >= 0.3 is 5.97 Å². The van der Waals surface area contributed by atoms with Gasteiger partial charge < -0.3 is 14.2 Å². The summed E-state index contributed by atoms with van der Waals surface area (Å²) < 4.78 is 16.9. The minimum atomic E-state index is -0.286. The molecule has 2 aromatic carbocycles. The summed E-state index contributed by atoms with van der Waals surface area (Å²) in [5, 5.41) is 0. The van der Waals surface area contributed by atoms with E-state index < -0.39 is 0 Å². The number of esters is 1. The van der Waals surface area contributed by atoms with E-state index in [1.54, 1.807) is 12.1 Å². The largest absolute Gasteiger partial charge is 0.462 e. The van der Waals surface area contributed by atoms with E-state index >= 15 is 0 Å². The molecule has 0 spiro atoms. The highest BCUT2D eigenvalue weighted by molar-refractivity contribution is 5.89. The van der Waals surface area contributed by atoms with Crippen LogP contribution in [0.15, 0.2) is 60.7 Å². The highest BCUT2D eigenvalue weighted by Gasteiger charge is 2.29. The molecule has 1 aliphatic rings. The zero-order chi connectivity index (χ0) is 16.6. The van der Waals surface area contributed by atoms with E-state index in [1.807, 2.05) is 48.5 Å². The van der Waals surface area contributed by atoms with E-state index in [1.165, 1.54) is 0 Å². The van der Waals surface area contributed by atoms with Crippen molar-refractivity contribution in [3.05, 3.63) is 71.8 Å². The summed E-state index contributed by atoms with van der Waals surface area (Å²) in [5.74, 6) is -0.0973. The molecule has 1 heterocycles. The summed E-state index contributed by atoms with van der Waals surface area (Å²) >= 11 is 0. The van der Waals surface area contributed by atoms with Gasteiger partial charge in [-0.1, -0.05) is 48.5 Å². The Morgan fingerprint density at radius 1 is 1.00 bits per heavy atom. The second-order valence-corrected chi connectivity index (χ2v) is 5.92. The van der Waals surface area contributed by atoms with Crippen LogP contribution in [0.25, 0.3) is 0 Å². The van der Waals surface area contributed by atoms with E-state index in [2.05, 4.69) is 0 Å². The van der Waals surface area contributed by atoms with E-state index in [0.29, 0.717) is 32.0 Å². The van der Waals surface area contributed by atoms with Gasteiger partial charge in [-0.05, 0) is 24.1 Å². The van der Waals surface area contributed by atoms with E-state index in [9.17, 15) is 4.79 Å². The predicted molar refractivity (Wildman–Crippen MR) is 90.7 cm³/mol. The summed E-state index contributed by atoms with van der Waals surface area (Å²) in [6, 6.07) is 19.1. The molecule has 0 N–H and O–H groups in total. The number of benzene rings is 2. The van der Waals surface area contributed by atoms with Gasteiger partial charge in [0, 0.05) is 12.5 Å². The van der Waals surface area contributed by atoms with Gasteiger partial charge in [-0.25, -0.2) is 4.79 Å². The zero-order valence-corrected chi connectivity index (χ0v) is 13.6. The van der Waals surface area contributed by atoms with E-state index in [-0.39, 0.29) is 18.0 Å². The van der Waals surface area contributed by atoms with Crippen LogP contribution in [0.4, 0.5) is 0 Å². The number of ether oxygens (including phenoxy) is 3. The van der Waals surface area contributed by atoms with Crippen LogP contribution in [0.2, 0.25) is 0 Å². The second-order valence-electron chi connectivity index (χ2n) is 5.92. The first-order valence-electron chi connectivity index (χ1n) is 8.28. The van der Waals surface area contributed by atoms with Crippen molar-refractivity contribution in [2.75, 3.05) is 19.8 Å². The van der Waals surface area contributed by atoms with E-state index in [4.69, 9.17) is 14.2 Å². The van der Waals surface area contributed by atoms with Crippen LogP contribution < -0.4 is 0 Å². The lowest BCUT2D eigenvalue weighted by Gasteiger charge is -2.18. The topological polar surface area (TPSA) is 44.8 Å². The van der Waals surface area contributed by atoms with Gasteiger partial charge in [-0.3, -0.25) is 0 Å². The summed E-state index contributed by atoms with van der Waals surface area (Å²) in [4.78, 5) is 12.0. The summed E-state index contributed by atoms with van der Waals surface area (Å²) in [7, 11) is 0. The molecule has 1 saturated heterocycles. The third-order valence-corrected chi connectivity index (χ3v) is 4.18. The van der Waals surface area contributed by atoms with E-state index in [0.717, 1.165) is 12.0 Å². The third-order valence-electron chi connectivity index (χ3n) is 4.18. The molecule has 3 rings (SSSR count). The van der Waals surface area contributed by atoms with Crippen molar-refractivity contribution in [1.29, 1.82) is 0 Å². The lowest BCUT2D eigenvalue weighted by atomic mass is 10.0. The Labute approximate surface area is 142 Å². The highest BCUT2D eigenvalue weighted by Crippen LogP contribution is 2.22. The van der Waals surface area contributed by atoms with Gasteiger partial charge in [-0.15, -0.1) is 0 Å². The second kappa shape index (κ2) is 8.62. The van der Waals surface area contributed by atoms with Crippen LogP contribution in [-0.2, 0) is 20.8 Å². The lowest BCUT2D eigenvalue weighted by molar-refractivity contribution is -0.0174. The molecule has 2 aromatic rings. The molecule has 0 unspecified atom stereocenters. The minimum absolute atomic E-state index is 0.0164. The summed E-state index contributed by atoms with van der Waals surface area (Å²) in [6.07, 6.45) is 0.874. The Morgan fingerprint density at radius 2 is 1.71 bits per heavy atom. The first-order valence-corrected chi connectivity index (χ1v) is 8.28. The summed E-state index contributed by atoms with van der Waals surface area (Å²) in [5.41, 5.74) is 1.72. The molecule has 126 valence electrons. The van der Waals surface area contributed by atoms with Crippen molar-refractivity contribution in [2.24, 2.45) is 5.92 Å². The maximum absolute atomic E-state index is 12.0. The minimum Gasteiger partial charge on any atom is -0.462 e. The molecule has 0 aromatic heterocycles. The van der Waals surface area contributed by atoms with Gasteiger partial charge in [0.05, 0.1) is 31.5 Å². The molecule has 4 heteroatoms. The number of carbonyl (C=O) groups is 1. The Hall–Kier alpha value is -2.17. The molecule has 0 bridgehead atoms. The number of carbonyl (C=O) groups excluding carboxylic acids is 1. The molecule has 24 heavy (non-hydrogen) atoms. The number of hydrogen-bond acceptors (Lipinski definition) is 4. The van der Waals surface area contributed by atoms with Crippen molar-refractivity contribution in [2.45, 2.75) is 19.1 Å². The van der Waals surface area contributed by atoms with Crippen LogP contribution in [0.5, 0.6) is 0 Å². The molecule has 1 aliphatic heterocycles. The molecule has 0 saturated carbocycles. The molecule has 0 radical (unpaired) electrons. The average Bonchev–Trinajstić information content (AvgIpc) is 3.09. The first kappa shape index (κ1) is 16.7. The number of rotatable bonds is 7. The van der Waals surface area contributed by atoms with Crippen molar-refractivity contribution in [3.63, 3.8) is 0 Å². The van der Waals surface area contributed by atoms with Crippen LogP contribution in [0.1, 0.15) is 22.3 Å². The SMILES string of the molecule is O=C(OC[C@@H]1CCO[C@H]1COCc1ccccc1)c1ccccc1. The summed E-state index contributed by atoms with van der Waals surface area (Å²) in [6.45, 7) is 2.14. The van der Waals surface area contributed by atoms with Gasteiger partial charge in [0.15, 0.2) is 0 Å². The van der Waals surface area contributed by atoms with Crippen LogP contribution in [-0.4, -0.2) is 31.9 Å². The van der Waals surface area contributed by atoms with Gasteiger partial charge in [0.2, 0.25) is 0 Å². The molecule has 2 atom stereocenters. The fourth-order valence-electron chi connectivity index (χ4n) is 2.78. The van der Waals surface area contributed by atoms with Crippen LogP contribution in [0, 0.1) is 5.92 Å². The predicted octanol–water partition coefficient (Wildman–Crippen LogP) is 3.47. The Balaban J connectivity index is 1.43. The molecular weight excluding hydrogens is 304 g/mol. The Morgan fingerprint density at radius 3 is 2.46 bits per heavy atom. The maximum Gasteiger partial charge on any atom is 0.338 e. The molecular formula is C20H22O4. The third kappa shape index (κ3) is 4.66. The molecule has 0 aliphatic carbocycles. The van der Waals surface area contributed by atoms with Gasteiger partial charge in [0.25, 0.3) is 0 Å². The van der Waals surface area contributed by atoms with Crippen LogP contribution in [0.3, 0.4) is 0 Å². The van der Waals surface area contributed by atoms with Crippen molar-refractivity contribution >= 4 is 5.97 Å². The van der Waals surface area contributed by atoms with Crippen molar-refractivity contribution in [3.8, 4) is 0 Å². The standard InChI is InChI=1S/C20H22O4/c21-20(17-9-5-2-6-10-17)24-14-18-11-12-23-19(18)15-22-13-16-7-3-1-4-8-16/h1-10,18-19H,11-15H2/t18-,19-/m0/s1. The monoisotopic (exact) mass is 326 g/mol. The average molecular weight is 326 g/mol. The maximum atomic E-state index is 12.0. The molecule has 1 fully saturated rings. The Kier molecular flexibility index (Phi) is 5.99. The van der Waals surface area contributed by atoms with Crippen molar-refractivity contribution < 1.29 is 19.0 Å². The molecule has 0 amide bonds. The Bertz CT molecular complexity index is 627. The zero-order valence-electron chi connectivity index (χ0n) is 13.6. The van der Waals surface area contributed by atoms with Crippen molar-refractivity contribution in [1.82, 2.24) is 0 Å². The quantitative estimate of drug-likeness (QED) is 0.731. The number of hydrogen-bond donors (Lipinski definition) is 0. The van der Waals surface area contributed by atoms with Gasteiger partial charge in [0.1, 0.15) is 0 Å². The smallest absolute Gasteiger partial charge is 0.338 e.